The lowest BCUT2D eigenvalue weighted by molar-refractivity contribution is 0.180. The first kappa shape index (κ1) is 15.0. The molecule has 0 atom stereocenters. The molecule has 108 valence electrons. The van der Waals surface area contributed by atoms with Gasteiger partial charge in [-0.2, -0.15) is 0 Å². The third-order valence-corrected chi connectivity index (χ3v) is 6.92. The second-order valence-electron chi connectivity index (χ2n) is 5.10. The highest BCUT2D eigenvalue weighted by molar-refractivity contribution is 7.91. The summed E-state index contributed by atoms with van der Waals surface area (Å²) in [4.78, 5) is 1.09. The molecular formula is C13H21NO3S2. The van der Waals surface area contributed by atoms with Crippen LogP contribution >= 0.6 is 11.3 Å². The van der Waals surface area contributed by atoms with Crippen LogP contribution in [0.5, 0.6) is 0 Å². The molecule has 1 saturated carbocycles. The Balaban J connectivity index is 1.98. The topological polar surface area (TPSA) is 66.4 Å². The Morgan fingerprint density at radius 2 is 2.00 bits per heavy atom. The number of rotatable bonds is 5. The minimum Gasteiger partial charge on any atom is -0.396 e. The Labute approximate surface area is 118 Å². The van der Waals surface area contributed by atoms with Crippen LogP contribution in [0.2, 0.25) is 0 Å². The fourth-order valence-corrected chi connectivity index (χ4v) is 5.05. The number of aliphatic hydroxyl groups is 1. The fraction of sp³-hybridized carbons (Fsp3) is 0.692. The Bertz CT molecular complexity index is 502. The standard InChI is InChI=1S/C13H21NO3S2/c1-2-12-7-8-13(18-12)19(16,17)14-11-5-3-10(9-15)4-6-11/h7-8,10-11,14-15H,2-6,9H2,1H3. The maximum absolute atomic E-state index is 12.2. The SMILES string of the molecule is CCc1ccc(S(=O)(=O)NC2CCC(CO)CC2)s1. The molecule has 0 radical (unpaired) electrons. The molecular weight excluding hydrogens is 282 g/mol. The number of nitrogens with one attached hydrogen (secondary N) is 1. The highest BCUT2D eigenvalue weighted by Crippen LogP contribution is 2.27. The van der Waals surface area contributed by atoms with Crippen LogP contribution in [0.1, 0.15) is 37.5 Å². The second kappa shape index (κ2) is 6.35. The highest BCUT2D eigenvalue weighted by Gasteiger charge is 2.26. The van der Waals surface area contributed by atoms with Crippen molar-refractivity contribution in [1.29, 1.82) is 0 Å². The number of hydrogen-bond donors (Lipinski definition) is 2. The molecule has 1 aromatic rings. The van der Waals surface area contributed by atoms with Crippen molar-refractivity contribution >= 4 is 21.4 Å². The van der Waals surface area contributed by atoms with Gasteiger partial charge in [-0.15, -0.1) is 11.3 Å². The summed E-state index contributed by atoms with van der Waals surface area (Å²) in [6.45, 7) is 2.23. The van der Waals surface area contributed by atoms with E-state index >= 15 is 0 Å². The van der Waals surface area contributed by atoms with E-state index in [2.05, 4.69) is 4.72 Å². The Hall–Kier alpha value is -0.430. The van der Waals surface area contributed by atoms with E-state index in [0.717, 1.165) is 37.0 Å². The lowest BCUT2D eigenvalue weighted by Crippen LogP contribution is -2.37. The molecule has 0 amide bonds. The van der Waals surface area contributed by atoms with Gasteiger partial charge in [0.2, 0.25) is 10.0 Å². The smallest absolute Gasteiger partial charge is 0.250 e. The number of aryl methyl sites for hydroxylation is 1. The molecule has 2 N–H and O–H groups in total. The van der Waals surface area contributed by atoms with Crippen LogP contribution < -0.4 is 4.72 Å². The van der Waals surface area contributed by atoms with E-state index in [1.165, 1.54) is 11.3 Å². The van der Waals surface area contributed by atoms with E-state index in [0.29, 0.717) is 10.1 Å². The first-order valence-electron chi connectivity index (χ1n) is 6.77. The summed E-state index contributed by atoms with van der Waals surface area (Å²) in [7, 11) is -3.37. The normalized spacial score (nSPS) is 24.5. The molecule has 0 aliphatic heterocycles. The van der Waals surface area contributed by atoms with Crippen molar-refractivity contribution in [3.05, 3.63) is 17.0 Å². The molecule has 0 bridgehead atoms. The van der Waals surface area contributed by atoms with Gasteiger partial charge in [0.1, 0.15) is 4.21 Å². The first-order chi connectivity index (χ1) is 9.05. The second-order valence-corrected chi connectivity index (χ2v) is 8.20. The van der Waals surface area contributed by atoms with E-state index in [-0.39, 0.29) is 12.6 Å². The van der Waals surface area contributed by atoms with Crippen molar-refractivity contribution in [3.8, 4) is 0 Å². The van der Waals surface area contributed by atoms with Crippen molar-refractivity contribution in [2.24, 2.45) is 5.92 Å². The number of sulfonamides is 1. The third kappa shape index (κ3) is 3.78. The summed E-state index contributed by atoms with van der Waals surface area (Å²) in [6, 6.07) is 3.58. The molecule has 0 spiro atoms. The maximum atomic E-state index is 12.2. The summed E-state index contributed by atoms with van der Waals surface area (Å²) in [5, 5.41) is 9.08. The predicted molar refractivity (Wildman–Crippen MR) is 76.9 cm³/mol. The fourth-order valence-electron chi connectivity index (χ4n) is 2.43. The molecule has 4 nitrogen and oxygen atoms in total. The zero-order valence-electron chi connectivity index (χ0n) is 11.1. The molecule has 1 aromatic heterocycles. The van der Waals surface area contributed by atoms with Gasteiger partial charge in [0.25, 0.3) is 0 Å². The minimum atomic E-state index is -3.37. The average Bonchev–Trinajstić information content (AvgIpc) is 2.89. The summed E-state index contributed by atoms with van der Waals surface area (Å²) in [5.74, 6) is 0.342. The lowest BCUT2D eigenvalue weighted by atomic mass is 9.87. The van der Waals surface area contributed by atoms with E-state index in [4.69, 9.17) is 5.11 Å². The molecule has 6 heteroatoms. The monoisotopic (exact) mass is 303 g/mol. The van der Waals surface area contributed by atoms with Gasteiger partial charge < -0.3 is 5.11 Å². The molecule has 1 heterocycles. The summed E-state index contributed by atoms with van der Waals surface area (Å²) < 4.78 is 27.7. The van der Waals surface area contributed by atoms with Crippen LogP contribution in [0.4, 0.5) is 0 Å². The molecule has 1 aliphatic rings. The van der Waals surface area contributed by atoms with Crippen molar-refractivity contribution < 1.29 is 13.5 Å². The molecule has 19 heavy (non-hydrogen) atoms. The Morgan fingerprint density at radius 1 is 1.32 bits per heavy atom. The molecule has 1 fully saturated rings. The minimum absolute atomic E-state index is 0.0139. The van der Waals surface area contributed by atoms with Crippen LogP contribution in [0.3, 0.4) is 0 Å². The number of hydrogen-bond acceptors (Lipinski definition) is 4. The molecule has 0 saturated heterocycles. The highest BCUT2D eigenvalue weighted by atomic mass is 32.2. The zero-order valence-corrected chi connectivity index (χ0v) is 12.8. The summed E-state index contributed by atoms with van der Waals surface area (Å²) >= 11 is 1.34. The quantitative estimate of drug-likeness (QED) is 0.876. The third-order valence-electron chi connectivity index (χ3n) is 3.68. The molecule has 1 aliphatic carbocycles. The van der Waals surface area contributed by atoms with Gasteiger partial charge in [-0.1, -0.05) is 6.92 Å². The van der Waals surface area contributed by atoms with Crippen LogP contribution in [0.15, 0.2) is 16.3 Å². The van der Waals surface area contributed by atoms with Gasteiger partial charge in [0, 0.05) is 17.5 Å². The van der Waals surface area contributed by atoms with Gasteiger partial charge in [0.15, 0.2) is 0 Å². The van der Waals surface area contributed by atoms with Crippen LogP contribution in [-0.4, -0.2) is 26.2 Å². The van der Waals surface area contributed by atoms with Gasteiger partial charge in [-0.25, -0.2) is 13.1 Å². The van der Waals surface area contributed by atoms with Crippen molar-refractivity contribution in [2.75, 3.05) is 6.61 Å². The largest absolute Gasteiger partial charge is 0.396 e. The molecule has 0 aromatic carbocycles. The Morgan fingerprint density at radius 3 is 2.53 bits per heavy atom. The van der Waals surface area contributed by atoms with Gasteiger partial charge in [0.05, 0.1) is 0 Å². The van der Waals surface area contributed by atoms with Gasteiger partial charge in [-0.3, -0.25) is 0 Å². The molecule has 2 rings (SSSR count). The van der Waals surface area contributed by atoms with Crippen molar-refractivity contribution in [2.45, 2.75) is 49.3 Å². The maximum Gasteiger partial charge on any atom is 0.250 e. The average molecular weight is 303 g/mol. The van der Waals surface area contributed by atoms with E-state index in [1.807, 2.05) is 13.0 Å². The number of thiophene rings is 1. The predicted octanol–water partition coefficient (Wildman–Crippen LogP) is 2.14. The lowest BCUT2D eigenvalue weighted by Gasteiger charge is -2.27. The van der Waals surface area contributed by atoms with E-state index in [9.17, 15) is 8.42 Å². The Kier molecular flexibility index (Phi) is 5.00. The van der Waals surface area contributed by atoms with Crippen LogP contribution in [-0.2, 0) is 16.4 Å². The van der Waals surface area contributed by atoms with Gasteiger partial charge >= 0.3 is 0 Å². The van der Waals surface area contributed by atoms with E-state index < -0.39 is 10.0 Å². The van der Waals surface area contributed by atoms with E-state index in [1.54, 1.807) is 6.07 Å². The van der Waals surface area contributed by atoms with Crippen LogP contribution in [0, 0.1) is 5.92 Å². The van der Waals surface area contributed by atoms with Crippen molar-refractivity contribution in [1.82, 2.24) is 4.72 Å². The molecule has 0 unspecified atom stereocenters. The van der Waals surface area contributed by atoms with Gasteiger partial charge in [-0.05, 0) is 50.2 Å². The zero-order chi connectivity index (χ0) is 13.9. The van der Waals surface area contributed by atoms with Crippen molar-refractivity contribution in [3.63, 3.8) is 0 Å². The first-order valence-corrected chi connectivity index (χ1v) is 9.07. The summed E-state index contributed by atoms with van der Waals surface area (Å²) in [6.07, 6.45) is 4.29. The number of aliphatic hydroxyl groups excluding tert-OH is 1. The summed E-state index contributed by atoms with van der Waals surface area (Å²) in [5.41, 5.74) is 0. The van der Waals surface area contributed by atoms with Crippen LogP contribution in [0.25, 0.3) is 0 Å².